The first kappa shape index (κ1) is 38.8. The molecule has 1 saturated heterocycles. The number of nitrogens with one attached hydrogen (secondary N) is 4. The topological polar surface area (TPSA) is 169 Å². The van der Waals surface area contributed by atoms with Crippen LogP contribution in [0.25, 0.3) is 0 Å². The second-order valence-corrected chi connectivity index (χ2v) is 14.0. The molecule has 1 rings (SSSR count). The lowest BCUT2D eigenvalue weighted by molar-refractivity contribution is -0.164. The third-order valence-corrected chi connectivity index (χ3v) is 7.32. The molecule has 0 aromatic carbocycles. The highest BCUT2D eigenvalue weighted by Crippen LogP contribution is 2.17. The summed E-state index contributed by atoms with van der Waals surface area (Å²) in [5.41, 5.74) is 0. The van der Waals surface area contributed by atoms with E-state index in [0.29, 0.717) is 0 Å². The van der Waals surface area contributed by atoms with Crippen molar-refractivity contribution in [2.45, 2.75) is 132 Å². The van der Waals surface area contributed by atoms with E-state index in [1.54, 1.807) is 55.4 Å². The van der Waals surface area contributed by atoms with Crippen LogP contribution < -0.4 is 21.3 Å². The molecule has 12 heteroatoms. The molecule has 4 N–H and O–H groups in total. The number of esters is 2. The van der Waals surface area contributed by atoms with Gasteiger partial charge < -0.3 is 30.7 Å². The van der Waals surface area contributed by atoms with Crippen molar-refractivity contribution in [1.82, 2.24) is 21.3 Å². The fourth-order valence-corrected chi connectivity index (χ4v) is 4.83. The molecule has 12 nitrogen and oxygen atoms in total. The maximum absolute atomic E-state index is 13.5. The van der Waals surface area contributed by atoms with Gasteiger partial charge >= 0.3 is 11.9 Å². The molecule has 0 bridgehead atoms. The molecule has 0 saturated carbocycles. The minimum absolute atomic E-state index is 0.0262. The van der Waals surface area contributed by atoms with E-state index < -0.39 is 83.8 Å². The Hall–Kier alpha value is -3.18. The van der Waals surface area contributed by atoms with Gasteiger partial charge in [0.15, 0.2) is 12.2 Å². The molecule has 1 fully saturated rings. The fraction of sp³-hybridized carbons (Fsp3) is 0.812. The molecule has 0 aliphatic carbocycles. The van der Waals surface area contributed by atoms with Crippen LogP contribution in [0.15, 0.2) is 0 Å². The average Bonchev–Trinajstić information content (AvgIpc) is 2.88. The van der Waals surface area contributed by atoms with Gasteiger partial charge in [-0.25, -0.2) is 9.59 Å². The van der Waals surface area contributed by atoms with Gasteiger partial charge in [0.25, 0.3) is 11.8 Å². The smallest absolute Gasteiger partial charge is 0.329 e. The number of ether oxygens (including phenoxy) is 2. The Morgan fingerprint density at radius 2 is 0.750 bits per heavy atom. The summed E-state index contributed by atoms with van der Waals surface area (Å²) in [6.07, 6.45) is -2.08. The molecule has 1 aliphatic rings. The van der Waals surface area contributed by atoms with E-state index in [-0.39, 0.29) is 36.5 Å². The highest BCUT2D eigenvalue weighted by molar-refractivity contribution is 5.95. The molecular weight excluding hydrogens is 568 g/mol. The standard InChI is InChI=1S/C32H56N4O8/c1-15(2)13-21-31(41)43-25(19(9)10)29(39)36-24(18(7)8)28(38)34-22(14-16(3)4)32(42)44-26(20(11)12)30(40)35-23(17(5)6)27(37)33-21/h15-26H,13-14H2,1-12H3,(H,33,37)(H,34,38)(H,35,40)(H,36,39)/t21-,22+,23-,24?,25?,26?/m1/s1. The summed E-state index contributed by atoms with van der Waals surface area (Å²) in [5.74, 6) is -5.92. The SMILES string of the molecule is CC(C)C[C@@H]1NC(=O)C(C(C)C)NC(=O)C(C(C)C)OC(=O)[C@@H](CC(C)C)NC(=O)[C@@H](C(C)C)NC(=O)C(C(C)C)OC1=O. The zero-order valence-electron chi connectivity index (χ0n) is 28.6. The molecule has 1 aliphatic heterocycles. The molecule has 0 aromatic heterocycles. The van der Waals surface area contributed by atoms with Crippen LogP contribution in [0.2, 0.25) is 0 Å². The quantitative estimate of drug-likeness (QED) is 0.299. The second kappa shape index (κ2) is 17.3. The van der Waals surface area contributed by atoms with Crippen molar-refractivity contribution in [2.24, 2.45) is 35.5 Å². The fourth-order valence-electron chi connectivity index (χ4n) is 4.83. The highest BCUT2D eigenvalue weighted by atomic mass is 16.6. The Morgan fingerprint density at radius 1 is 0.455 bits per heavy atom. The molecule has 44 heavy (non-hydrogen) atoms. The molecule has 0 aromatic rings. The number of cyclic esters (lactones) is 2. The van der Waals surface area contributed by atoms with Crippen LogP contribution in [-0.2, 0) is 38.2 Å². The molecule has 0 radical (unpaired) electrons. The molecule has 3 unspecified atom stereocenters. The number of rotatable bonds is 8. The normalized spacial score (nSPS) is 27.1. The van der Waals surface area contributed by atoms with Crippen molar-refractivity contribution in [3.8, 4) is 0 Å². The minimum atomic E-state index is -1.26. The van der Waals surface area contributed by atoms with Crippen LogP contribution in [0.3, 0.4) is 0 Å². The third-order valence-electron chi connectivity index (χ3n) is 7.32. The van der Waals surface area contributed by atoms with E-state index in [1.807, 2.05) is 27.7 Å². The average molecular weight is 625 g/mol. The molecule has 252 valence electrons. The van der Waals surface area contributed by atoms with Crippen LogP contribution in [0.5, 0.6) is 0 Å². The van der Waals surface area contributed by atoms with Crippen LogP contribution >= 0.6 is 0 Å². The first-order valence-electron chi connectivity index (χ1n) is 15.9. The van der Waals surface area contributed by atoms with E-state index in [4.69, 9.17) is 9.47 Å². The Bertz CT molecular complexity index is 932. The van der Waals surface area contributed by atoms with Crippen molar-refractivity contribution in [3.63, 3.8) is 0 Å². The lowest BCUT2D eigenvalue weighted by Gasteiger charge is -2.31. The van der Waals surface area contributed by atoms with Crippen molar-refractivity contribution in [3.05, 3.63) is 0 Å². The maximum Gasteiger partial charge on any atom is 0.329 e. The predicted molar refractivity (Wildman–Crippen MR) is 166 cm³/mol. The van der Waals surface area contributed by atoms with E-state index in [0.717, 1.165) is 0 Å². The summed E-state index contributed by atoms with van der Waals surface area (Å²) in [5, 5.41) is 10.8. The first-order valence-corrected chi connectivity index (χ1v) is 15.9. The zero-order valence-corrected chi connectivity index (χ0v) is 28.6. The Kier molecular flexibility index (Phi) is 15.3. The summed E-state index contributed by atoms with van der Waals surface area (Å²) in [7, 11) is 0. The van der Waals surface area contributed by atoms with E-state index in [2.05, 4.69) is 21.3 Å². The van der Waals surface area contributed by atoms with E-state index in [1.165, 1.54) is 0 Å². The molecule has 6 atom stereocenters. The molecule has 0 spiro atoms. The zero-order chi connectivity index (χ0) is 34.0. The van der Waals surface area contributed by atoms with Crippen molar-refractivity contribution in [2.75, 3.05) is 0 Å². The number of hydrogen-bond acceptors (Lipinski definition) is 8. The Labute approximate surface area is 262 Å². The summed E-state index contributed by atoms with van der Waals surface area (Å²) in [6, 6.07) is -4.33. The largest absolute Gasteiger partial charge is 0.450 e. The molecule has 1 heterocycles. The summed E-state index contributed by atoms with van der Waals surface area (Å²) in [6.45, 7) is 21.3. The first-order chi connectivity index (χ1) is 20.3. The van der Waals surface area contributed by atoms with Crippen LogP contribution in [-0.4, -0.2) is 71.9 Å². The molecule has 4 amide bonds. The monoisotopic (exact) mass is 624 g/mol. The number of carbonyl (C=O) groups is 6. The lowest BCUT2D eigenvalue weighted by Crippen LogP contribution is -2.59. The van der Waals surface area contributed by atoms with Gasteiger partial charge in [-0.2, -0.15) is 0 Å². The minimum Gasteiger partial charge on any atom is -0.450 e. The summed E-state index contributed by atoms with van der Waals surface area (Å²) in [4.78, 5) is 80.9. The number of hydrogen-bond donors (Lipinski definition) is 4. The van der Waals surface area contributed by atoms with Gasteiger partial charge in [0.1, 0.15) is 24.2 Å². The summed E-state index contributed by atoms with van der Waals surface area (Å²) < 4.78 is 11.4. The molecular formula is C32H56N4O8. The Morgan fingerprint density at radius 3 is 0.977 bits per heavy atom. The third kappa shape index (κ3) is 11.7. The van der Waals surface area contributed by atoms with Crippen LogP contribution in [0.4, 0.5) is 0 Å². The van der Waals surface area contributed by atoms with Crippen molar-refractivity contribution < 1.29 is 38.2 Å². The van der Waals surface area contributed by atoms with Gasteiger partial charge in [0.05, 0.1) is 0 Å². The van der Waals surface area contributed by atoms with Gasteiger partial charge in [-0.3, -0.25) is 19.2 Å². The van der Waals surface area contributed by atoms with Gasteiger partial charge in [0.2, 0.25) is 11.8 Å². The second-order valence-electron chi connectivity index (χ2n) is 14.0. The van der Waals surface area contributed by atoms with Gasteiger partial charge in [-0.15, -0.1) is 0 Å². The van der Waals surface area contributed by atoms with Crippen LogP contribution in [0.1, 0.15) is 95.9 Å². The van der Waals surface area contributed by atoms with Gasteiger partial charge in [-0.1, -0.05) is 83.1 Å². The van der Waals surface area contributed by atoms with Crippen molar-refractivity contribution >= 4 is 35.6 Å². The van der Waals surface area contributed by atoms with Crippen molar-refractivity contribution in [1.29, 1.82) is 0 Å². The number of amides is 4. The van der Waals surface area contributed by atoms with E-state index >= 15 is 0 Å². The number of carbonyl (C=O) groups excluding carboxylic acids is 6. The van der Waals surface area contributed by atoms with Gasteiger partial charge in [0, 0.05) is 0 Å². The lowest BCUT2D eigenvalue weighted by atomic mass is 9.98. The van der Waals surface area contributed by atoms with Crippen LogP contribution in [0, 0.1) is 35.5 Å². The van der Waals surface area contributed by atoms with E-state index in [9.17, 15) is 28.8 Å². The summed E-state index contributed by atoms with van der Waals surface area (Å²) >= 11 is 0. The maximum atomic E-state index is 13.5. The predicted octanol–water partition coefficient (Wildman–Crippen LogP) is 2.48. The Balaban J connectivity index is 3.71. The highest BCUT2D eigenvalue weighted by Gasteiger charge is 2.39. The van der Waals surface area contributed by atoms with Gasteiger partial charge in [-0.05, 0) is 48.3 Å².